The molecule has 0 saturated heterocycles. The Kier molecular flexibility index (Phi) is 2.20. The molecule has 1 nitrogen and oxygen atoms in total. The Bertz CT molecular complexity index is 374. The number of hydrogen-bond donors (Lipinski definition) is 0. The third kappa shape index (κ3) is 1.31. The number of benzene rings is 1. The summed E-state index contributed by atoms with van der Waals surface area (Å²) >= 11 is 3.09. The van der Waals surface area contributed by atoms with Gasteiger partial charge in [-0.15, -0.1) is 0 Å². The van der Waals surface area contributed by atoms with Crippen LogP contribution >= 0.6 is 15.9 Å². The van der Waals surface area contributed by atoms with E-state index in [1.807, 2.05) is 0 Å². The average molecular weight is 243 g/mol. The second-order valence-corrected chi connectivity index (χ2v) is 4.00. The van der Waals surface area contributed by atoms with Gasteiger partial charge in [0.2, 0.25) is 0 Å². The molecule has 0 atom stereocenters. The molecule has 0 aromatic heterocycles. The minimum Gasteiger partial charge on any atom is -0.298 e. The van der Waals surface area contributed by atoms with Gasteiger partial charge in [0.1, 0.15) is 5.82 Å². The van der Waals surface area contributed by atoms with Crippen molar-refractivity contribution in [3.05, 3.63) is 33.0 Å². The van der Waals surface area contributed by atoms with Crippen LogP contribution in [-0.4, -0.2) is 6.29 Å². The van der Waals surface area contributed by atoms with Gasteiger partial charge in [0.25, 0.3) is 0 Å². The largest absolute Gasteiger partial charge is 0.298 e. The number of fused-ring (bicyclic) bond motifs is 1. The van der Waals surface area contributed by atoms with Crippen LogP contribution in [0.25, 0.3) is 0 Å². The van der Waals surface area contributed by atoms with Crippen molar-refractivity contribution in [1.29, 1.82) is 0 Å². The van der Waals surface area contributed by atoms with Gasteiger partial charge in [0.05, 0.1) is 4.47 Å². The molecule has 0 spiro atoms. The summed E-state index contributed by atoms with van der Waals surface area (Å²) in [5.74, 6) is -0.253. The predicted molar refractivity (Wildman–Crippen MR) is 51.5 cm³/mol. The van der Waals surface area contributed by atoms with Crippen molar-refractivity contribution < 1.29 is 9.18 Å². The van der Waals surface area contributed by atoms with E-state index in [2.05, 4.69) is 15.9 Å². The SMILES string of the molecule is O=Cc1cc2c(c(F)c1Br)CCC2. The number of carbonyl (C=O) groups is 1. The van der Waals surface area contributed by atoms with Crippen LogP contribution in [0.5, 0.6) is 0 Å². The van der Waals surface area contributed by atoms with Gasteiger partial charge in [0.15, 0.2) is 6.29 Å². The normalized spacial score (nSPS) is 14.3. The number of hydrogen-bond acceptors (Lipinski definition) is 1. The molecule has 1 aromatic carbocycles. The molecule has 3 heteroatoms. The lowest BCUT2D eigenvalue weighted by atomic mass is 10.1. The monoisotopic (exact) mass is 242 g/mol. The van der Waals surface area contributed by atoms with Crippen molar-refractivity contribution in [2.24, 2.45) is 0 Å². The summed E-state index contributed by atoms with van der Waals surface area (Å²) in [6, 6.07) is 1.78. The molecule has 1 aromatic rings. The van der Waals surface area contributed by atoms with Crippen LogP contribution in [0.15, 0.2) is 10.5 Å². The molecule has 0 N–H and O–H groups in total. The minimum atomic E-state index is -0.253. The van der Waals surface area contributed by atoms with E-state index in [9.17, 15) is 9.18 Å². The zero-order valence-electron chi connectivity index (χ0n) is 6.94. The molecule has 0 unspecified atom stereocenters. The Morgan fingerprint density at radius 3 is 2.92 bits per heavy atom. The highest BCUT2D eigenvalue weighted by molar-refractivity contribution is 9.10. The summed E-state index contributed by atoms with van der Waals surface area (Å²) < 4.78 is 13.9. The van der Waals surface area contributed by atoms with Crippen LogP contribution in [0.1, 0.15) is 27.9 Å². The second kappa shape index (κ2) is 3.22. The molecule has 13 heavy (non-hydrogen) atoms. The molecule has 0 fully saturated rings. The quantitative estimate of drug-likeness (QED) is 0.693. The zero-order valence-corrected chi connectivity index (χ0v) is 8.53. The van der Waals surface area contributed by atoms with Crippen LogP contribution in [0, 0.1) is 5.82 Å². The van der Waals surface area contributed by atoms with Crippen LogP contribution in [-0.2, 0) is 12.8 Å². The van der Waals surface area contributed by atoms with Gasteiger partial charge < -0.3 is 0 Å². The van der Waals surface area contributed by atoms with Gasteiger partial charge in [0, 0.05) is 5.56 Å². The van der Waals surface area contributed by atoms with Crippen molar-refractivity contribution in [3.8, 4) is 0 Å². The van der Waals surface area contributed by atoms with E-state index in [4.69, 9.17) is 0 Å². The first kappa shape index (κ1) is 8.88. The molecule has 0 radical (unpaired) electrons. The Morgan fingerprint density at radius 1 is 1.46 bits per heavy atom. The fourth-order valence-electron chi connectivity index (χ4n) is 1.77. The van der Waals surface area contributed by atoms with Crippen molar-refractivity contribution in [1.82, 2.24) is 0 Å². The van der Waals surface area contributed by atoms with Crippen molar-refractivity contribution in [2.45, 2.75) is 19.3 Å². The molecule has 1 aliphatic rings. The maximum absolute atomic E-state index is 13.5. The van der Waals surface area contributed by atoms with Crippen LogP contribution in [0.2, 0.25) is 0 Å². The maximum Gasteiger partial charge on any atom is 0.151 e. The minimum absolute atomic E-state index is 0.253. The second-order valence-electron chi connectivity index (χ2n) is 3.20. The molecule has 1 aliphatic carbocycles. The van der Waals surface area contributed by atoms with Crippen molar-refractivity contribution in [2.75, 3.05) is 0 Å². The first-order valence-corrected chi connectivity index (χ1v) is 4.98. The smallest absolute Gasteiger partial charge is 0.151 e. The van der Waals surface area contributed by atoms with E-state index in [-0.39, 0.29) is 5.82 Å². The lowest BCUT2D eigenvalue weighted by Crippen LogP contribution is -1.95. The molecule has 0 amide bonds. The van der Waals surface area contributed by atoms with Gasteiger partial charge in [-0.3, -0.25) is 4.79 Å². The van der Waals surface area contributed by atoms with Gasteiger partial charge in [-0.25, -0.2) is 4.39 Å². The highest BCUT2D eigenvalue weighted by Crippen LogP contribution is 2.31. The zero-order chi connectivity index (χ0) is 9.42. The molecule has 0 aliphatic heterocycles. The average Bonchev–Trinajstić information content (AvgIpc) is 2.59. The molecule has 2 rings (SSSR count). The molecule has 0 bridgehead atoms. The van der Waals surface area contributed by atoms with Gasteiger partial charge in [-0.2, -0.15) is 0 Å². The molecule has 0 heterocycles. The molecule has 0 saturated carbocycles. The lowest BCUT2D eigenvalue weighted by Gasteiger charge is -2.05. The van der Waals surface area contributed by atoms with E-state index >= 15 is 0 Å². The van der Waals surface area contributed by atoms with E-state index in [1.165, 1.54) is 0 Å². The Morgan fingerprint density at radius 2 is 2.23 bits per heavy atom. The van der Waals surface area contributed by atoms with Crippen molar-refractivity contribution >= 4 is 22.2 Å². The van der Waals surface area contributed by atoms with E-state index in [1.54, 1.807) is 6.07 Å². The summed E-state index contributed by atoms with van der Waals surface area (Å²) in [6.07, 6.45) is 3.35. The standard InChI is InChI=1S/C10H8BrFO/c11-9-7(5-13)4-6-2-1-3-8(6)10(9)12/h4-5H,1-3H2. The Balaban J connectivity index is 2.68. The van der Waals surface area contributed by atoms with Crippen molar-refractivity contribution in [3.63, 3.8) is 0 Å². The van der Waals surface area contributed by atoms with E-state index in [0.717, 1.165) is 30.4 Å². The number of rotatable bonds is 1. The first-order chi connectivity index (χ1) is 6.24. The summed E-state index contributed by atoms with van der Waals surface area (Å²) in [5, 5.41) is 0. The number of carbonyl (C=O) groups excluding carboxylic acids is 1. The maximum atomic E-state index is 13.5. The van der Waals surface area contributed by atoms with E-state index in [0.29, 0.717) is 16.3 Å². The summed E-state index contributed by atoms with van der Waals surface area (Å²) in [5.41, 5.74) is 2.18. The molecular formula is C10H8BrFO. The third-order valence-electron chi connectivity index (χ3n) is 2.43. The predicted octanol–water partition coefficient (Wildman–Crippen LogP) is 2.89. The van der Waals surface area contributed by atoms with Crippen LogP contribution < -0.4 is 0 Å². The summed E-state index contributed by atoms with van der Waals surface area (Å²) in [7, 11) is 0. The highest BCUT2D eigenvalue weighted by Gasteiger charge is 2.19. The van der Waals surface area contributed by atoms with Gasteiger partial charge in [-0.1, -0.05) is 0 Å². The topological polar surface area (TPSA) is 17.1 Å². The summed E-state index contributed by atoms with van der Waals surface area (Å²) in [4.78, 5) is 10.6. The number of aryl methyl sites for hydroxylation is 1. The van der Waals surface area contributed by atoms with Crippen LogP contribution in [0.3, 0.4) is 0 Å². The van der Waals surface area contributed by atoms with Gasteiger partial charge in [-0.05, 0) is 52.4 Å². The Labute approximate surface area is 84.1 Å². The summed E-state index contributed by atoms with van der Waals surface area (Å²) in [6.45, 7) is 0. The fraction of sp³-hybridized carbons (Fsp3) is 0.300. The first-order valence-electron chi connectivity index (χ1n) is 4.19. The van der Waals surface area contributed by atoms with Crippen LogP contribution in [0.4, 0.5) is 4.39 Å². The lowest BCUT2D eigenvalue weighted by molar-refractivity contribution is 0.112. The highest BCUT2D eigenvalue weighted by atomic mass is 79.9. The van der Waals surface area contributed by atoms with Gasteiger partial charge >= 0.3 is 0 Å². The number of aldehydes is 1. The third-order valence-corrected chi connectivity index (χ3v) is 3.23. The molecule has 68 valence electrons. The Hall–Kier alpha value is -0.700. The number of halogens is 2. The molecular weight excluding hydrogens is 235 g/mol. The fourth-order valence-corrected chi connectivity index (χ4v) is 2.22. The van der Waals surface area contributed by atoms with E-state index < -0.39 is 0 Å².